The van der Waals surface area contributed by atoms with Crippen LogP contribution in [0, 0.1) is 19.8 Å². The zero-order valence-electron chi connectivity index (χ0n) is 10.6. The molecule has 1 rings (SSSR count). The molecule has 2 atom stereocenters. The molecule has 0 heterocycles. The fraction of sp³-hybridized carbons (Fsp3) is 0.571. The lowest BCUT2D eigenvalue weighted by molar-refractivity contribution is 0.423. The largest absolute Gasteiger partial charge is 0.317 e. The molecule has 0 aliphatic carbocycles. The Kier molecular flexibility index (Phi) is 4.34. The molecule has 0 aliphatic rings. The Balaban J connectivity index is 2.75. The van der Waals surface area contributed by atoms with E-state index in [-0.39, 0.29) is 0 Å². The van der Waals surface area contributed by atoms with Crippen molar-refractivity contribution in [3.05, 3.63) is 34.9 Å². The quantitative estimate of drug-likeness (QED) is 0.796. The topological polar surface area (TPSA) is 12.0 Å². The van der Waals surface area contributed by atoms with Gasteiger partial charge in [-0.1, -0.05) is 30.7 Å². The summed E-state index contributed by atoms with van der Waals surface area (Å²) < 4.78 is 0. The highest BCUT2D eigenvalue weighted by molar-refractivity contribution is 5.30. The fourth-order valence-electron chi connectivity index (χ4n) is 1.83. The molecule has 15 heavy (non-hydrogen) atoms. The molecule has 1 N–H and O–H groups in total. The molecule has 1 aromatic rings. The summed E-state index contributed by atoms with van der Waals surface area (Å²) in [6.45, 7) is 8.92. The summed E-state index contributed by atoms with van der Waals surface area (Å²) in [5, 5.41) is 3.32. The van der Waals surface area contributed by atoms with Crippen molar-refractivity contribution in [2.45, 2.75) is 40.2 Å². The molecule has 0 amide bonds. The van der Waals surface area contributed by atoms with Gasteiger partial charge in [0.15, 0.2) is 0 Å². The van der Waals surface area contributed by atoms with Gasteiger partial charge in [0.1, 0.15) is 0 Å². The normalized spacial score (nSPS) is 15.0. The molecule has 0 aliphatic heterocycles. The van der Waals surface area contributed by atoms with Crippen molar-refractivity contribution in [2.75, 3.05) is 7.05 Å². The highest BCUT2D eigenvalue weighted by Crippen LogP contribution is 2.17. The van der Waals surface area contributed by atoms with Crippen molar-refractivity contribution in [3.63, 3.8) is 0 Å². The van der Waals surface area contributed by atoms with Gasteiger partial charge in [0, 0.05) is 6.04 Å². The maximum atomic E-state index is 3.32. The van der Waals surface area contributed by atoms with Gasteiger partial charge in [-0.3, -0.25) is 0 Å². The van der Waals surface area contributed by atoms with E-state index in [2.05, 4.69) is 51.2 Å². The van der Waals surface area contributed by atoms with Crippen molar-refractivity contribution in [3.8, 4) is 0 Å². The van der Waals surface area contributed by atoms with E-state index in [1.54, 1.807) is 0 Å². The lowest BCUT2D eigenvalue weighted by Gasteiger charge is -2.20. The molecule has 84 valence electrons. The molecule has 0 saturated heterocycles. The molecule has 1 aromatic carbocycles. The van der Waals surface area contributed by atoms with Gasteiger partial charge in [0.05, 0.1) is 0 Å². The van der Waals surface area contributed by atoms with Crippen molar-refractivity contribution < 1.29 is 0 Å². The number of aryl methyl sites for hydroxylation is 2. The summed E-state index contributed by atoms with van der Waals surface area (Å²) in [5.41, 5.74) is 4.26. The first-order valence-corrected chi connectivity index (χ1v) is 5.78. The fourth-order valence-corrected chi connectivity index (χ4v) is 1.83. The zero-order valence-corrected chi connectivity index (χ0v) is 10.6. The second kappa shape index (κ2) is 5.32. The van der Waals surface area contributed by atoms with Gasteiger partial charge in [-0.25, -0.2) is 0 Å². The molecule has 0 spiro atoms. The lowest BCUT2D eigenvalue weighted by Crippen LogP contribution is -2.30. The maximum Gasteiger partial charge on any atom is 0.00645 e. The molecule has 0 aromatic heterocycles. The van der Waals surface area contributed by atoms with Crippen LogP contribution < -0.4 is 5.32 Å². The van der Waals surface area contributed by atoms with Crippen LogP contribution in [0.4, 0.5) is 0 Å². The van der Waals surface area contributed by atoms with Gasteiger partial charge >= 0.3 is 0 Å². The number of hydrogen-bond donors (Lipinski definition) is 1. The predicted octanol–water partition coefficient (Wildman–Crippen LogP) is 3.09. The van der Waals surface area contributed by atoms with Crippen LogP contribution in [0.1, 0.15) is 30.5 Å². The second-order valence-electron chi connectivity index (χ2n) is 4.69. The van der Waals surface area contributed by atoms with Crippen molar-refractivity contribution in [1.29, 1.82) is 0 Å². The summed E-state index contributed by atoms with van der Waals surface area (Å²) in [5.74, 6) is 0.676. The van der Waals surface area contributed by atoms with Crippen LogP contribution in [0.2, 0.25) is 0 Å². The third kappa shape index (κ3) is 3.35. The van der Waals surface area contributed by atoms with E-state index in [1.165, 1.54) is 16.7 Å². The summed E-state index contributed by atoms with van der Waals surface area (Å²) in [4.78, 5) is 0. The van der Waals surface area contributed by atoms with Crippen molar-refractivity contribution in [1.82, 2.24) is 5.32 Å². The van der Waals surface area contributed by atoms with Crippen LogP contribution in [-0.2, 0) is 6.42 Å². The van der Waals surface area contributed by atoms with Gasteiger partial charge < -0.3 is 5.32 Å². The Morgan fingerprint density at radius 2 is 1.87 bits per heavy atom. The van der Waals surface area contributed by atoms with Gasteiger partial charge in [0.2, 0.25) is 0 Å². The first-order chi connectivity index (χ1) is 7.04. The van der Waals surface area contributed by atoms with Crippen LogP contribution in [0.5, 0.6) is 0 Å². The van der Waals surface area contributed by atoms with Crippen LogP contribution in [-0.4, -0.2) is 13.1 Å². The molecule has 1 heteroatoms. The molecular formula is C14H23N. The van der Waals surface area contributed by atoms with Crippen LogP contribution in [0.3, 0.4) is 0 Å². The monoisotopic (exact) mass is 205 g/mol. The Labute approximate surface area is 93.9 Å². The second-order valence-corrected chi connectivity index (χ2v) is 4.69. The average Bonchev–Trinajstić information content (AvgIpc) is 2.22. The maximum absolute atomic E-state index is 3.32. The first-order valence-electron chi connectivity index (χ1n) is 5.78. The van der Waals surface area contributed by atoms with E-state index in [4.69, 9.17) is 0 Å². The summed E-state index contributed by atoms with van der Waals surface area (Å²) in [6.07, 6.45) is 1.16. The SMILES string of the molecule is CNC(C)C(C)Cc1cc(C)ccc1C. The molecule has 0 saturated carbocycles. The minimum atomic E-state index is 0.574. The Hall–Kier alpha value is -0.820. The Morgan fingerprint density at radius 3 is 2.47 bits per heavy atom. The van der Waals surface area contributed by atoms with E-state index in [9.17, 15) is 0 Å². The summed E-state index contributed by atoms with van der Waals surface area (Å²) in [7, 11) is 2.03. The predicted molar refractivity (Wildman–Crippen MR) is 67.3 cm³/mol. The molecular weight excluding hydrogens is 182 g/mol. The molecule has 0 fully saturated rings. The summed E-state index contributed by atoms with van der Waals surface area (Å²) in [6, 6.07) is 7.30. The number of nitrogens with one attached hydrogen (secondary N) is 1. The highest BCUT2D eigenvalue weighted by Gasteiger charge is 2.11. The van der Waals surface area contributed by atoms with Gasteiger partial charge in [-0.15, -0.1) is 0 Å². The van der Waals surface area contributed by atoms with Crippen LogP contribution in [0.15, 0.2) is 18.2 Å². The first kappa shape index (κ1) is 12.3. The smallest absolute Gasteiger partial charge is 0.00645 e. The van der Waals surface area contributed by atoms with E-state index in [0.29, 0.717) is 12.0 Å². The number of benzene rings is 1. The minimum absolute atomic E-state index is 0.574. The van der Waals surface area contributed by atoms with E-state index in [0.717, 1.165) is 6.42 Å². The number of hydrogen-bond acceptors (Lipinski definition) is 1. The third-order valence-electron chi connectivity index (χ3n) is 3.36. The number of rotatable bonds is 4. The molecule has 0 radical (unpaired) electrons. The van der Waals surface area contributed by atoms with Crippen LogP contribution >= 0.6 is 0 Å². The van der Waals surface area contributed by atoms with Gasteiger partial charge in [-0.05, 0) is 51.3 Å². The molecule has 0 bridgehead atoms. The van der Waals surface area contributed by atoms with Gasteiger partial charge in [-0.2, -0.15) is 0 Å². The summed E-state index contributed by atoms with van der Waals surface area (Å²) >= 11 is 0. The average molecular weight is 205 g/mol. The molecule has 1 nitrogen and oxygen atoms in total. The Morgan fingerprint density at radius 1 is 1.20 bits per heavy atom. The molecule has 2 unspecified atom stereocenters. The van der Waals surface area contributed by atoms with Gasteiger partial charge in [0.25, 0.3) is 0 Å². The Bertz CT molecular complexity index is 317. The minimum Gasteiger partial charge on any atom is -0.317 e. The van der Waals surface area contributed by atoms with Crippen LogP contribution in [0.25, 0.3) is 0 Å². The van der Waals surface area contributed by atoms with Crippen molar-refractivity contribution >= 4 is 0 Å². The lowest BCUT2D eigenvalue weighted by atomic mass is 9.92. The van der Waals surface area contributed by atoms with Crippen molar-refractivity contribution in [2.24, 2.45) is 5.92 Å². The van der Waals surface area contributed by atoms with E-state index < -0.39 is 0 Å². The zero-order chi connectivity index (χ0) is 11.4. The highest BCUT2D eigenvalue weighted by atomic mass is 14.9. The van der Waals surface area contributed by atoms with E-state index in [1.807, 2.05) is 7.05 Å². The standard InChI is InChI=1S/C14H23N/c1-10-6-7-11(2)14(8-10)9-12(3)13(4)15-5/h6-8,12-13,15H,9H2,1-5H3. The third-order valence-corrected chi connectivity index (χ3v) is 3.36. The van der Waals surface area contributed by atoms with E-state index >= 15 is 0 Å².